The maximum absolute atomic E-state index is 5.99. The second kappa shape index (κ2) is 11.6. The summed E-state index contributed by atoms with van der Waals surface area (Å²) in [6.45, 7) is 2.37. The van der Waals surface area contributed by atoms with Gasteiger partial charge in [-0.2, -0.15) is 0 Å². The molecule has 31 heavy (non-hydrogen) atoms. The molecule has 0 spiro atoms. The Morgan fingerprint density at radius 2 is 1.06 bits per heavy atom. The van der Waals surface area contributed by atoms with Crippen LogP contribution in [-0.4, -0.2) is 0 Å². The molecule has 0 aromatic heterocycles. The molecule has 1 heteroatoms. The van der Waals surface area contributed by atoms with Gasteiger partial charge in [-0.3, -0.25) is 0 Å². The van der Waals surface area contributed by atoms with Gasteiger partial charge in [0.2, 0.25) is 0 Å². The van der Waals surface area contributed by atoms with Crippen molar-refractivity contribution in [3.63, 3.8) is 0 Å². The number of hydrogen-bond donors (Lipinski definition) is 0. The van der Waals surface area contributed by atoms with Gasteiger partial charge in [-0.25, -0.2) is 0 Å². The first-order valence-electron chi connectivity index (χ1n) is 13.0. The Kier molecular flexibility index (Phi) is 8.54. The molecule has 0 saturated heterocycles. The van der Waals surface area contributed by atoms with Crippen molar-refractivity contribution in [2.75, 3.05) is 0 Å². The minimum Gasteiger partial charge on any atom is -0.0843 e. The summed E-state index contributed by atoms with van der Waals surface area (Å²) in [6, 6.07) is 17.8. The van der Waals surface area contributed by atoms with E-state index in [1.54, 1.807) is 5.56 Å². The fourth-order valence-corrected chi connectivity index (χ4v) is 6.21. The van der Waals surface area contributed by atoms with Gasteiger partial charge in [-0.05, 0) is 91.0 Å². The molecule has 2 aromatic carbocycles. The van der Waals surface area contributed by atoms with Gasteiger partial charge in [-0.15, -0.1) is 0 Å². The zero-order chi connectivity index (χ0) is 21.5. The van der Waals surface area contributed by atoms with E-state index in [2.05, 4.69) is 43.3 Å². The van der Waals surface area contributed by atoms with Gasteiger partial charge in [0.25, 0.3) is 0 Å². The largest absolute Gasteiger partial charge is 0.0843 e. The lowest BCUT2D eigenvalue weighted by atomic mass is 9.74. The fraction of sp³-hybridized carbons (Fsp3) is 0.600. The molecule has 0 heterocycles. The lowest BCUT2D eigenvalue weighted by Crippen LogP contribution is -2.17. The fourth-order valence-electron chi connectivity index (χ4n) is 6.08. The van der Waals surface area contributed by atoms with Crippen LogP contribution in [0.15, 0.2) is 48.5 Å². The van der Waals surface area contributed by atoms with Crippen molar-refractivity contribution < 1.29 is 0 Å². The lowest BCUT2D eigenvalue weighted by molar-refractivity contribution is 0.227. The summed E-state index contributed by atoms with van der Waals surface area (Å²) in [5, 5.41) is 0.821. The minimum atomic E-state index is 0.793. The maximum Gasteiger partial charge on any atom is 0.0406 e. The zero-order valence-corrected chi connectivity index (χ0v) is 20.3. The first kappa shape index (κ1) is 22.9. The molecule has 2 aliphatic carbocycles. The second-order valence-electron chi connectivity index (χ2n) is 10.5. The molecule has 0 aliphatic heterocycles. The van der Waals surface area contributed by atoms with Gasteiger partial charge in [0.15, 0.2) is 0 Å². The van der Waals surface area contributed by atoms with E-state index in [1.165, 1.54) is 81.8 Å². The Labute approximate surface area is 195 Å². The maximum atomic E-state index is 5.99. The molecule has 0 nitrogen and oxygen atoms in total. The Bertz CT molecular complexity index is 759. The zero-order valence-electron chi connectivity index (χ0n) is 19.5. The minimum absolute atomic E-state index is 0.793. The van der Waals surface area contributed by atoms with E-state index in [4.69, 9.17) is 11.6 Å². The normalized spacial score (nSPS) is 26.6. The van der Waals surface area contributed by atoms with Crippen LogP contribution in [0.25, 0.3) is 0 Å². The standard InChI is InChI=1S/C30H41Cl/c1-2-23-3-5-24(6-4-23)7-8-25-11-17-28(18-12-25)29-19-13-26(14-20-29)9-10-27-15-21-30(31)22-16-27/h13-16,19-25,28H,2-12,17-18H2,1H3/t23-,24-,25?,28?. The van der Waals surface area contributed by atoms with E-state index in [9.17, 15) is 0 Å². The Morgan fingerprint density at radius 3 is 1.58 bits per heavy atom. The average Bonchev–Trinajstić information content (AvgIpc) is 2.83. The van der Waals surface area contributed by atoms with Gasteiger partial charge in [0, 0.05) is 5.02 Å². The van der Waals surface area contributed by atoms with Crippen molar-refractivity contribution in [3.8, 4) is 0 Å². The topological polar surface area (TPSA) is 0 Å². The molecule has 2 aliphatic rings. The van der Waals surface area contributed by atoms with Gasteiger partial charge >= 0.3 is 0 Å². The second-order valence-corrected chi connectivity index (χ2v) is 10.9. The van der Waals surface area contributed by atoms with Crippen LogP contribution in [0.1, 0.15) is 100 Å². The van der Waals surface area contributed by atoms with Gasteiger partial charge in [0.05, 0.1) is 0 Å². The SMILES string of the molecule is CC[C@H]1CC[C@H](CCC2CCC(c3ccc(CCc4ccc(Cl)cc4)cc3)CC2)CC1. The number of rotatable bonds is 8. The number of halogens is 1. The van der Waals surface area contributed by atoms with Crippen molar-refractivity contribution >= 4 is 11.6 Å². The quantitative estimate of drug-likeness (QED) is 0.386. The van der Waals surface area contributed by atoms with Crippen molar-refractivity contribution in [2.45, 2.75) is 96.3 Å². The van der Waals surface area contributed by atoms with Crippen molar-refractivity contribution in [3.05, 3.63) is 70.2 Å². The Morgan fingerprint density at radius 1 is 0.613 bits per heavy atom. The van der Waals surface area contributed by atoms with Gasteiger partial charge < -0.3 is 0 Å². The average molecular weight is 437 g/mol. The van der Waals surface area contributed by atoms with Gasteiger partial charge in [-0.1, -0.05) is 99.9 Å². The smallest absolute Gasteiger partial charge is 0.0406 e. The van der Waals surface area contributed by atoms with Crippen LogP contribution in [0, 0.1) is 17.8 Å². The molecule has 0 unspecified atom stereocenters. The Balaban J connectivity index is 1.17. The highest BCUT2D eigenvalue weighted by Crippen LogP contribution is 2.40. The first-order chi connectivity index (χ1) is 15.2. The molecule has 2 saturated carbocycles. The summed E-state index contributed by atoms with van der Waals surface area (Å²) in [6.07, 6.45) is 18.3. The molecular formula is C30H41Cl. The summed E-state index contributed by atoms with van der Waals surface area (Å²) in [5.41, 5.74) is 4.39. The summed E-state index contributed by atoms with van der Waals surface area (Å²) < 4.78 is 0. The molecule has 168 valence electrons. The molecule has 0 radical (unpaired) electrons. The van der Waals surface area contributed by atoms with Crippen LogP contribution in [0.4, 0.5) is 0 Å². The molecule has 0 bridgehead atoms. The molecule has 0 amide bonds. The van der Waals surface area contributed by atoms with Crippen LogP contribution < -0.4 is 0 Å². The van der Waals surface area contributed by atoms with E-state index in [0.29, 0.717) is 0 Å². The van der Waals surface area contributed by atoms with Crippen molar-refractivity contribution in [1.82, 2.24) is 0 Å². The molecule has 0 N–H and O–H groups in total. The third-order valence-electron chi connectivity index (χ3n) is 8.44. The third-order valence-corrected chi connectivity index (χ3v) is 8.69. The lowest BCUT2D eigenvalue weighted by Gasteiger charge is -2.32. The van der Waals surface area contributed by atoms with E-state index in [-0.39, 0.29) is 0 Å². The summed E-state index contributed by atoms with van der Waals surface area (Å²) in [7, 11) is 0. The third kappa shape index (κ3) is 6.85. The highest BCUT2D eigenvalue weighted by atomic mass is 35.5. The van der Waals surface area contributed by atoms with E-state index in [0.717, 1.165) is 41.5 Å². The van der Waals surface area contributed by atoms with Crippen LogP contribution in [0.5, 0.6) is 0 Å². The molecule has 2 aromatic rings. The summed E-state index contributed by atoms with van der Waals surface area (Å²) in [4.78, 5) is 0. The highest BCUT2D eigenvalue weighted by Gasteiger charge is 2.25. The summed E-state index contributed by atoms with van der Waals surface area (Å²) in [5.74, 6) is 3.87. The van der Waals surface area contributed by atoms with Crippen LogP contribution in [-0.2, 0) is 12.8 Å². The summed E-state index contributed by atoms with van der Waals surface area (Å²) >= 11 is 5.99. The first-order valence-corrected chi connectivity index (χ1v) is 13.4. The predicted octanol–water partition coefficient (Wildman–Crippen LogP) is 9.40. The molecule has 2 fully saturated rings. The Hall–Kier alpha value is -1.27. The molecule has 4 rings (SSSR count). The van der Waals surface area contributed by atoms with Crippen LogP contribution in [0.2, 0.25) is 5.02 Å². The molecular weight excluding hydrogens is 396 g/mol. The van der Waals surface area contributed by atoms with Crippen LogP contribution in [0.3, 0.4) is 0 Å². The molecule has 0 atom stereocenters. The van der Waals surface area contributed by atoms with Crippen molar-refractivity contribution in [1.29, 1.82) is 0 Å². The van der Waals surface area contributed by atoms with E-state index >= 15 is 0 Å². The number of aryl methyl sites for hydroxylation is 2. The van der Waals surface area contributed by atoms with E-state index < -0.39 is 0 Å². The number of hydrogen-bond acceptors (Lipinski definition) is 0. The van der Waals surface area contributed by atoms with Crippen molar-refractivity contribution in [2.24, 2.45) is 17.8 Å². The predicted molar refractivity (Wildman–Crippen MR) is 135 cm³/mol. The van der Waals surface area contributed by atoms with Crippen LogP contribution >= 0.6 is 11.6 Å². The highest BCUT2D eigenvalue weighted by molar-refractivity contribution is 6.30. The number of benzene rings is 2. The van der Waals surface area contributed by atoms with Gasteiger partial charge in [0.1, 0.15) is 0 Å². The van der Waals surface area contributed by atoms with E-state index in [1.807, 2.05) is 12.1 Å². The monoisotopic (exact) mass is 436 g/mol.